The molecule has 1 unspecified atom stereocenters. The zero-order valence-corrected chi connectivity index (χ0v) is 12.0. The van der Waals surface area contributed by atoms with Gasteiger partial charge < -0.3 is 14.2 Å². The summed E-state index contributed by atoms with van der Waals surface area (Å²) in [6, 6.07) is 9.37. The van der Waals surface area contributed by atoms with E-state index < -0.39 is 11.9 Å². The summed E-state index contributed by atoms with van der Waals surface area (Å²) in [5, 5.41) is 0. The summed E-state index contributed by atoms with van der Waals surface area (Å²) in [6.45, 7) is 8.29. The normalized spacial score (nSPS) is 13.9. The van der Waals surface area contributed by atoms with Gasteiger partial charge in [0.25, 0.3) is 0 Å². The fourth-order valence-electron chi connectivity index (χ4n) is 1.54. The van der Waals surface area contributed by atoms with Crippen LogP contribution in [0.3, 0.4) is 0 Å². The Balaban J connectivity index is 2.86. The Morgan fingerprint density at radius 1 is 1.26 bits per heavy atom. The van der Waals surface area contributed by atoms with E-state index >= 15 is 0 Å². The van der Waals surface area contributed by atoms with Gasteiger partial charge in [-0.05, 0) is 12.8 Å². The number of carbonyl (C=O) groups excluding carboxylic acids is 1. The Labute approximate surface area is 114 Å². The molecule has 0 amide bonds. The Bertz CT molecular complexity index is 388. The van der Waals surface area contributed by atoms with E-state index in [2.05, 4.69) is 0 Å². The number of benzene rings is 1. The van der Waals surface area contributed by atoms with Crippen molar-refractivity contribution in [3.8, 4) is 0 Å². The lowest BCUT2D eigenvalue weighted by atomic mass is 10.1. The lowest BCUT2D eigenvalue weighted by Gasteiger charge is -2.30. The molecule has 0 saturated heterocycles. The lowest BCUT2D eigenvalue weighted by molar-refractivity contribution is -0.214. The SMILES string of the molecule is CCOC(=O)OC(C)(OCC(C)C)c1ccccc1. The summed E-state index contributed by atoms with van der Waals surface area (Å²) < 4.78 is 15.9. The highest BCUT2D eigenvalue weighted by atomic mass is 16.8. The monoisotopic (exact) mass is 266 g/mol. The van der Waals surface area contributed by atoms with E-state index in [0.29, 0.717) is 12.5 Å². The molecule has 1 aromatic rings. The van der Waals surface area contributed by atoms with Gasteiger partial charge in [-0.3, -0.25) is 0 Å². The summed E-state index contributed by atoms with van der Waals surface area (Å²) in [5.41, 5.74) is 0.781. The molecule has 0 saturated carbocycles. The Kier molecular flexibility index (Phi) is 5.83. The predicted octanol–water partition coefficient (Wildman–Crippen LogP) is 3.71. The van der Waals surface area contributed by atoms with Crippen LogP contribution in [-0.4, -0.2) is 19.4 Å². The van der Waals surface area contributed by atoms with E-state index in [1.807, 2.05) is 44.2 Å². The molecule has 4 nitrogen and oxygen atoms in total. The summed E-state index contributed by atoms with van der Waals surface area (Å²) in [4.78, 5) is 11.6. The largest absolute Gasteiger partial charge is 0.511 e. The first-order valence-corrected chi connectivity index (χ1v) is 6.53. The number of hydrogen-bond donors (Lipinski definition) is 0. The summed E-state index contributed by atoms with van der Waals surface area (Å²) in [6.07, 6.45) is -0.724. The van der Waals surface area contributed by atoms with E-state index in [-0.39, 0.29) is 6.61 Å². The van der Waals surface area contributed by atoms with Gasteiger partial charge in [0, 0.05) is 12.5 Å². The molecule has 0 aliphatic rings. The third-order valence-corrected chi connectivity index (χ3v) is 2.53. The van der Waals surface area contributed by atoms with Crippen LogP contribution in [0.5, 0.6) is 0 Å². The van der Waals surface area contributed by atoms with Gasteiger partial charge in [-0.15, -0.1) is 0 Å². The van der Waals surface area contributed by atoms with Gasteiger partial charge in [-0.1, -0.05) is 44.2 Å². The molecular formula is C15H22O4. The molecule has 0 N–H and O–H groups in total. The smallest absolute Gasteiger partial charge is 0.435 e. The van der Waals surface area contributed by atoms with Crippen LogP contribution in [0.1, 0.15) is 33.3 Å². The lowest BCUT2D eigenvalue weighted by Crippen LogP contribution is -2.34. The Morgan fingerprint density at radius 3 is 2.42 bits per heavy atom. The first-order chi connectivity index (χ1) is 8.98. The van der Waals surface area contributed by atoms with Crippen LogP contribution in [-0.2, 0) is 20.0 Å². The van der Waals surface area contributed by atoms with Crippen LogP contribution in [0, 0.1) is 5.92 Å². The second-order valence-corrected chi connectivity index (χ2v) is 4.80. The maximum absolute atomic E-state index is 11.6. The molecule has 19 heavy (non-hydrogen) atoms. The maximum Gasteiger partial charge on any atom is 0.511 e. The van der Waals surface area contributed by atoms with Gasteiger partial charge in [-0.25, -0.2) is 4.79 Å². The molecule has 0 fully saturated rings. The molecule has 1 rings (SSSR count). The van der Waals surface area contributed by atoms with Gasteiger partial charge in [0.05, 0.1) is 13.2 Å². The molecule has 0 bridgehead atoms. The van der Waals surface area contributed by atoms with Crippen LogP contribution >= 0.6 is 0 Å². The van der Waals surface area contributed by atoms with E-state index in [4.69, 9.17) is 14.2 Å². The zero-order chi connectivity index (χ0) is 14.3. The van der Waals surface area contributed by atoms with Crippen molar-refractivity contribution in [2.45, 2.75) is 33.5 Å². The van der Waals surface area contributed by atoms with Crippen LogP contribution in [0.4, 0.5) is 4.79 Å². The van der Waals surface area contributed by atoms with Crippen molar-refractivity contribution >= 4 is 6.16 Å². The summed E-state index contributed by atoms with van der Waals surface area (Å²) in [5.74, 6) is -0.786. The van der Waals surface area contributed by atoms with Crippen LogP contribution in [0.25, 0.3) is 0 Å². The summed E-state index contributed by atoms with van der Waals surface area (Å²) >= 11 is 0. The fraction of sp³-hybridized carbons (Fsp3) is 0.533. The average molecular weight is 266 g/mol. The molecule has 1 atom stereocenters. The highest BCUT2D eigenvalue weighted by molar-refractivity contribution is 5.60. The van der Waals surface area contributed by atoms with Crippen molar-refractivity contribution < 1.29 is 19.0 Å². The van der Waals surface area contributed by atoms with Gasteiger partial charge in [0.15, 0.2) is 0 Å². The minimum absolute atomic E-state index is 0.272. The van der Waals surface area contributed by atoms with Gasteiger partial charge in [0.1, 0.15) is 0 Å². The van der Waals surface area contributed by atoms with Gasteiger partial charge in [-0.2, -0.15) is 0 Å². The minimum Gasteiger partial charge on any atom is -0.435 e. The molecule has 0 aromatic heterocycles. The Hall–Kier alpha value is -1.55. The van der Waals surface area contributed by atoms with E-state index in [1.165, 1.54) is 0 Å². The topological polar surface area (TPSA) is 44.8 Å². The van der Waals surface area contributed by atoms with Crippen molar-refractivity contribution in [3.63, 3.8) is 0 Å². The van der Waals surface area contributed by atoms with Crippen molar-refractivity contribution in [3.05, 3.63) is 35.9 Å². The van der Waals surface area contributed by atoms with Gasteiger partial charge >= 0.3 is 6.16 Å². The first-order valence-electron chi connectivity index (χ1n) is 6.53. The molecular weight excluding hydrogens is 244 g/mol. The second-order valence-electron chi connectivity index (χ2n) is 4.80. The average Bonchev–Trinajstić information content (AvgIpc) is 2.38. The number of rotatable bonds is 6. The number of hydrogen-bond acceptors (Lipinski definition) is 4. The minimum atomic E-state index is -1.13. The van der Waals surface area contributed by atoms with Crippen LogP contribution in [0.15, 0.2) is 30.3 Å². The molecule has 1 aromatic carbocycles. The third-order valence-electron chi connectivity index (χ3n) is 2.53. The fourth-order valence-corrected chi connectivity index (χ4v) is 1.54. The molecule has 0 heterocycles. The Morgan fingerprint density at radius 2 is 1.89 bits per heavy atom. The van der Waals surface area contributed by atoms with Crippen molar-refractivity contribution in [1.82, 2.24) is 0 Å². The maximum atomic E-state index is 11.6. The van der Waals surface area contributed by atoms with Gasteiger partial charge in [0.2, 0.25) is 5.79 Å². The zero-order valence-electron chi connectivity index (χ0n) is 12.0. The third kappa shape index (κ3) is 4.91. The van der Waals surface area contributed by atoms with E-state index in [9.17, 15) is 4.79 Å². The van der Waals surface area contributed by atoms with Crippen LogP contribution < -0.4 is 0 Å². The predicted molar refractivity (Wildman–Crippen MR) is 72.7 cm³/mol. The molecule has 0 aliphatic heterocycles. The van der Waals surface area contributed by atoms with E-state index in [0.717, 1.165) is 5.56 Å². The van der Waals surface area contributed by atoms with Crippen molar-refractivity contribution in [2.75, 3.05) is 13.2 Å². The highest BCUT2D eigenvalue weighted by Crippen LogP contribution is 2.28. The molecule has 0 radical (unpaired) electrons. The first kappa shape index (κ1) is 15.5. The number of carbonyl (C=O) groups is 1. The van der Waals surface area contributed by atoms with Crippen molar-refractivity contribution in [1.29, 1.82) is 0 Å². The second kappa shape index (κ2) is 7.14. The standard InChI is InChI=1S/C15H22O4/c1-5-17-14(16)19-15(4,18-11-12(2)3)13-9-7-6-8-10-13/h6-10,12H,5,11H2,1-4H3. The molecule has 106 valence electrons. The molecule has 4 heteroatoms. The van der Waals surface area contributed by atoms with Crippen LogP contribution in [0.2, 0.25) is 0 Å². The highest BCUT2D eigenvalue weighted by Gasteiger charge is 2.33. The summed E-state index contributed by atoms with van der Waals surface area (Å²) in [7, 11) is 0. The number of ether oxygens (including phenoxy) is 3. The molecule has 0 aliphatic carbocycles. The molecule has 0 spiro atoms. The van der Waals surface area contributed by atoms with E-state index in [1.54, 1.807) is 13.8 Å². The van der Waals surface area contributed by atoms with Crippen molar-refractivity contribution in [2.24, 2.45) is 5.92 Å². The quantitative estimate of drug-likeness (QED) is 0.581.